The smallest absolute Gasteiger partial charge is 0.406 e. The van der Waals surface area contributed by atoms with Crippen molar-refractivity contribution in [3.63, 3.8) is 0 Å². The molecule has 1 saturated heterocycles. The molecule has 3 aromatic carbocycles. The van der Waals surface area contributed by atoms with Gasteiger partial charge in [0.2, 0.25) is 0 Å². The molecule has 12 heteroatoms. The number of aliphatic imine (C=N–C) groups is 2. The van der Waals surface area contributed by atoms with Crippen LogP contribution in [0.4, 0.5) is 35.0 Å². The van der Waals surface area contributed by atoms with Gasteiger partial charge in [-0.15, -0.1) is 13.2 Å². The van der Waals surface area contributed by atoms with Gasteiger partial charge in [-0.25, -0.2) is 9.79 Å². The van der Waals surface area contributed by atoms with Crippen molar-refractivity contribution in [2.75, 3.05) is 27.5 Å². The van der Waals surface area contributed by atoms with Gasteiger partial charge in [-0.1, -0.05) is 49.0 Å². The number of benzene rings is 3. The summed E-state index contributed by atoms with van der Waals surface area (Å²) >= 11 is 1.58. The van der Waals surface area contributed by atoms with E-state index in [9.17, 15) is 18.0 Å². The maximum absolute atomic E-state index is 12.9. The Balaban J connectivity index is 1.21. The SMILES string of the molecule is Cc1cccc(C)c1N1CC(C)CSC1=NC(=O)Nc1ccc(C2N=CN(c3ccc(OC(F)(F)F)cc3)N2)cc1. The van der Waals surface area contributed by atoms with E-state index in [4.69, 9.17) is 0 Å². The monoisotopic (exact) mass is 582 g/mol. The van der Waals surface area contributed by atoms with Gasteiger partial charge in [-0.3, -0.25) is 5.01 Å². The van der Waals surface area contributed by atoms with Gasteiger partial charge in [-0.2, -0.15) is 10.4 Å². The zero-order valence-electron chi connectivity index (χ0n) is 22.6. The van der Waals surface area contributed by atoms with Crippen molar-refractivity contribution in [3.05, 3.63) is 83.4 Å². The summed E-state index contributed by atoms with van der Waals surface area (Å²) < 4.78 is 41.1. The fraction of sp³-hybridized carbons (Fsp3) is 0.276. The second-order valence-corrected chi connectivity index (χ2v) is 10.9. The average Bonchev–Trinajstić information content (AvgIpc) is 3.40. The summed E-state index contributed by atoms with van der Waals surface area (Å²) in [7, 11) is 0. The first kappa shape index (κ1) is 28.5. The number of hydrogen-bond donors (Lipinski definition) is 2. The van der Waals surface area contributed by atoms with E-state index >= 15 is 0 Å². The molecule has 41 heavy (non-hydrogen) atoms. The van der Waals surface area contributed by atoms with E-state index in [2.05, 4.69) is 63.3 Å². The molecule has 3 aromatic rings. The minimum Gasteiger partial charge on any atom is -0.406 e. The number of urea groups is 1. The number of para-hydroxylation sites is 1. The van der Waals surface area contributed by atoms with Crippen LogP contribution in [0.25, 0.3) is 0 Å². The van der Waals surface area contributed by atoms with Crippen LogP contribution in [0.5, 0.6) is 5.75 Å². The van der Waals surface area contributed by atoms with Crippen LogP contribution in [0.3, 0.4) is 0 Å². The average molecular weight is 583 g/mol. The lowest BCUT2D eigenvalue weighted by Crippen LogP contribution is -2.40. The number of hydrogen-bond acceptors (Lipinski definition) is 6. The quantitative estimate of drug-likeness (QED) is 0.336. The molecule has 0 aromatic heterocycles. The number of thioether (sulfide) groups is 1. The van der Waals surface area contributed by atoms with E-state index in [-0.39, 0.29) is 5.75 Å². The topological polar surface area (TPSA) is 81.6 Å². The minimum absolute atomic E-state index is 0.300. The minimum atomic E-state index is -4.74. The Hall–Kier alpha value is -4.03. The number of carbonyl (C=O) groups excluding carboxylic acids is 1. The van der Waals surface area contributed by atoms with Crippen LogP contribution in [-0.2, 0) is 0 Å². The van der Waals surface area contributed by atoms with Gasteiger partial charge < -0.3 is 15.0 Å². The molecule has 5 rings (SSSR count). The normalized spacial score (nSPS) is 20.0. The standard InChI is InChI=1S/C29H29F3N6O2S/c1-18-15-37(25-19(2)5-4-6-20(25)3)28(41-16-18)35-27(39)34-22-9-7-21(8-10-22)26-33-17-38(36-26)23-11-13-24(14-12-23)40-29(30,31)32/h4-14,17-18,26,36H,15-16H2,1-3H3,(H,34,39). The van der Waals surface area contributed by atoms with Crippen LogP contribution in [0.1, 0.15) is 29.8 Å². The number of amidine groups is 1. The lowest BCUT2D eigenvalue weighted by molar-refractivity contribution is -0.274. The summed E-state index contributed by atoms with van der Waals surface area (Å²) in [6.07, 6.45) is -3.59. The molecule has 0 radical (unpaired) electrons. The Morgan fingerprint density at radius 3 is 2.41 bits per heavy atom. The zero-order valence-corrected chi connectivity index (χ0v) is 23.5. The number of amides is 2. The lowest BCUT2D eigenvalue weighted by Gasteiger charge is -2.35. The molecule has 0 aliphatic carbocycles. The van der Waals surface area contributed by atoms with Crippen molar-refractivity contribution in [3.8, 4) is 5.75 Å². The summed E-state index contributed by atoms with van der Waals surface area (Å²) in [5.41, 5.74) is 8.56. The first-order valence-corrected chi connectivity index (χ1v) is 13.9. The number of rotatable bonds is 5. The maximum Gasteiger partial charge on any atom is 0.573 e. The predicted octanol–water partition coefficient (Wildman–Crippen LogP) is 7.03. The van der Waals surface area contributed by atoms with E-state index < -0.39 is 18.6 Å². The van der Waals surface area contributed by atoms with E-state index in [1.807, 2.05) is 18.2 Å². The zero-order chi connectivity index (χ0) is 29.1. The Morgan fingerprint density at radius 2 is 1.76 bits per heavy atom. The lowest BCUT2D eigenvalue weighted by atomic mass is 10.1. The molecule has 2 unspecified atom stereocenters. The molecule has 0 spiro atoms. The predicted molar refractivity (Wildman–Crippen MR) is 158 cm³/mol. The molecule has 0 saturated carbocycles. The molecule has 8 nitrogen and oxygen atoms in total. The van der Waals surface area contributed by atoms with Crippen LogP contribution in [-0.4, -0.2) is 36.2 Å². The van der Waals surface area contributed by atoms with Crippen LogP contribution >= 0.6 is 11.8 Å². The third kappa shape index (κ3) is 7.01. The van der Waals surface area contributed by atoms with E-state index in [1.54, 1.807) is 35.2 Å². The van der Waals surface area contributed by atoms with Crippen molar-refractivity contribution in [1.82, 2.24) is 5.43 Å². The molecular weight excluding hydrogens is 553 g/mol. The first-order valence-electron chi connectivity index (χ1n) is 13.0. The highest BCUT2D eigenvalue weighted by molar-refractivity contribution is 8.14. The largest absolute Gasteiger partial charge is 0.573 e. The molecule has 2 amide bonds. The molecule has 2 N–H and O–H groups in total. The number of anilines is 3. The van der Waals surface area contributed by atoms with Gasteiger partial charge in [0.15, 0.2) is 5.17 Å². The Kier molecular flexibility index (Phi) is 8.22. The fourth-order valence-corrected chi connectivity index (χ4v) is 5.69. The van der Waals surface area contributed by atoms with Crippen LogP contribution in [0.2, 0.25) is 0 Å². The molecule has 214 valence electrons. The fourth-order valence-electron chi connectivity index (χ4n) is 4.68. The number of hydrazine groups is 1. The summed E-state index contributed by atoms with van der Waals surface area (Å²) in [4.78, 5) is 23.9. The summed E-state index contributed by atoms with van der Waals surface area (Å²) in [5, 5.41) is 5.14. The molecule has 2 aliphatic rings. The van der Waals surface area contributed by atoms with Gasteiger partial charge in [0, 0.05) is 23.7 Å². The third-order valence-corrected chi connectivity index (χ3v) is 7.85. The molecule has 2 heterocycles. The second-order valence-electron chi connectivity index (χ2n) is 9.92. The first-order chi connectivity index (χ1) is 19.6. The summed E-state index contributed by atoms with van der Waals surface area (Å²) in [6, 6.07) is 18.4. The van der Waals surface area contributed by atoms with Crippen molar-refractivity contribution in [2.24, 2.45) is 15.9 Å². The number of alkyl halides is 3. The van der Waals surface area contributed by atoms with E-state index in [0.29, 0.717) is 22.5 Å². The second kappa shape index (κ2) is 11.8. The van der Waals surface area contributed by atoms with Gasteiger partial charge in [0.25, 0.3) is 0 Å². The Morgan fingerprint density at radius 1 is 1.07 bits per heavy atom. The highest BCUT2D eigenvalue weighted by Gasteiger charge is 2.31. The van der Waals surface area contributed by atoms with Crippen molar-refractivity contribution >= 4 is 46.4 Å². The van der Waals surface area contributed by atoms with Crippen LogP contribution < -0.4 is 25.4 Å². The van der Waals surface area contributed by atoms with Gasteiger partial charge in [0.1, 0.15) is 18.3 Å². The number of aryl methyl sites for hydroxylation is 2. The molecule has 2 aliphatic heterocycles. The number of nitrogens with zero attached hydrogens (tertiary/aromatic N) is 4. The summed E-state index contributed by atoms with van der Waals surface area (Å²) in [5.74, 6) is 1.05. The Labute approximate surface area is 240 Å². The van der Waals surface area contributed by atoms with Crippen molar-refractivity contribution < 1.29 is 22.7 Å². The third-order valence-electron chi connectivity index (χ3n) is 6.55. The maximum atomic E-state index is 12.9. The number of ether oxygens (including phenoxy) is 1. The number of halogens is 3. The van der Waals surface area contributed by atoms with Crippen molar-refractivity contribution in [2.45, 2.75) is 33.3 Å². The molecule has 2 atom stereocenters. The van der Waals surface area contributed by atoms with Gasteiger partial charge >= 0.3 is 12.4 Å². The number of carbonyl (C=O) groups is 1. The van der Waals surface area contributed by atoms with Crippen LogP contribution in [0, 0.1) is 19.8 Å². The van der Waals surface area contributed by atoms with Crippen LogP contribution in [0.15, 0.2) is 76.7 Å². The van der Waals surface area contributed by atoms with E-state index in [1.165, 1.54) is 24.3 Å². The molecule has 1 fully saturated rings. The van der Waals surface area contributed by atoms with Crippen molar-refractivity contribution in [1.29, 1.82) is 0 Å². The highest BCUT2D eigenvalue weighted by atomic mass is 32.2. The summed E-state index contributed by atoms with van der Waals surface area (Å²) in [6.45, 7) is 7.11. The highest BCUT2D eigenvalue weighted by Crippen LogP contribution is 2.33. The Bertz CT molecular complexity index is 1440. The molecular formula is C29H29F3N6O2S. The van der Waals surface area contributed by atoms with E-state index in [0.717, 1.165) is 34.7 Å². The van der Waals surface area contributed by atoms with Gasteiger partial charge in [-0.05, 0) is 72.9 Å². The number of nitrogens with one attached hydrogen (secondary N) is 2. The van der Waals surface area contributed by atoms with Gasteiger partial charge in [0.05, 0.1) is 5.69 Å². The molecule has 0 bridgehead atoms.